The molecule has 1 unspecified atom stereocenters. The smallest absolute Gasteiger partial charge is 0.416 e. The summed E-state index contributed by atoms with van der Waals surface area (Å²) in [5.41, 5.74) is 6.79. The summed E-state index contributed by atoms with van der Waals surface area (Å²) in [6.07, 6.45) is 4.10. The lowest BCUT2D eigenvalue weighted by molar-refractivity contribution is -0.137. The van der Waals surface area contributed by atoms with Crippen molar-refractivity contribution in [1.29, 1.82) is 0 Å². The van der Waals surface area contributed by atoms with Crippen LogP contribution in [0.25, 0.3) is 28.0 Å². The van der Waals surface area contributed by atoms with Crippen LogP contribution in [0.15, 0.2) is 146 Å². The van der Waals surface area contributed by atoms with E-state index in [4.69, 9.17) is 18.9 Å². The molecule has 0 bridgehead atoms. The van der Waals surface area contributed by atoms with Gasteiger partial charge in [0.05, 0.1) is 26.9 Å². The second-order valence-corrected chi connectivity index (χ2v) is 16.1. The van der Waals surface area contributed by atoms with Crippen LogP contribution in [0.1, 0.15) is 65.5 Å². The fourth-order valence-corrected chi connectivity index (χ4v) is 10.2. The van der Waals surface area contributed by atoms with E-state index >= 15 is 0 Å². The van der Waals surface area contributed by atoms with Gasteiger partial charge in [0.25, 0.3) is 0 Å². The summed E-state index contributed by atoms with van der Waals surface area (Å²) in [7, 11) is 4.85. The van der Waals surface area contributed by atoms with E-state index in [1.165, 1.54) is 12.1 Å². The summed E-state index contributed by atoms with van der Waals surface area (Å²) in [5, 5.41) is 1.62. The number of alkyl halides is 3. The van der Waals surface area contributed by atoms with E-state index in [1.54, 1.807) is 27.4 Å². The van der Waals surface area contributed by atoms with Gasteiger partial charge < -0.3 is 23.8 Å². The monoisotopic (exact) mass is 815 g/mol. The molecule has 1 fully saturated rings. The second kappa shape index (κ2) is 14.8. The number of benzene rings is 7. The molecule has 1 saturated carbocycles. The summed E-state index contributed by atoms with van der Waals surface area (Å²) in [6, 6.07) is 45.1. The molecule has 0 N–H and O–H groups in total. The highest BCUT2D eigenvalue weighted by atomic mass is 19.4. The first kappa shape index (κ1) is 38.5. The molecule has 1 aliphatic heterocycles. The molecule has 2 aliphatic carbocycles. The van der Waals surface area contributed by atoms with Gasteiger partial charge in [0.1, 0.15) is 11.5 Å². The number of methoxy groups -OCH3 is 3. The van der Waals surface area contributed by atoms with Gasteiger partial charge in [-0.25, -0.2) is 0 Å². The van der Waals surface area contributed by atoms with Gasteiger partial charge in [-0.3, -0.25) is 0 Å². The van der Waals surface area contributed by atoms with E-state index in [9.17, 15) is 13.2 Å². The molecule has 1 atom stereocenters. The Morgan fingerprint density at radius 2 is 1.18 bits per heavy atom. The molecule has 61 heavy (non-hydrogen) atoms. The molecule has 1 spiro atoms. The maximum atomic E-state index is 14.5. The summed E-state index contributed by atoms with van der Waals surface area (Å²) >= 11 is 0. The number of para-hydroxylation sites is 2. The van der Waals surface area contributed by atoms with Crippen LogP contribution < -0.4 is 23.8 Å². The van der Waals surface area contributed by atoms with Gasteiger partial charge >= 0.3 is 6.18 Å². The van der Waals surface area contributed by atoms with Crippen molar-refractivity contribution in [2.45, 2.75) is 49.3 Å². The highest BCUT2D eigenvalue weighted by Crippen LogP contribution is 2.63. The lowest BCUT2D eigenvalue weighted by Crippen LogP contribution is -2.36. The van der Waals surface area contributed by atoms with Gasteiger partial charge in [-0.2, -0.15) is 13.2 Å². The van der Waals surface area contributed by atoms with Crippen LogP contribution in [-0.2, 0) is 17.2 Å². The third kappa shape index (κ3) is 6.14. The number of ether oxygens (including phenoxy) is 4. The molecule has 0 saturated heterocycles. The first-order chi connectivity index (χ1) is 29.7. The minimum absolute atomic E-state index is 0.523. The van der Waals surface area contributed by atoms with Gasteiger partial charge in [-0.1, -0.05) is 92.1 Å². The Labute approximate surface area is 353 Å². The average molecular weight is 816 g/mol. The predicted molar refractivity (Wildman–Crippen MR) is 236 cm³/mol. The van der Waals surface area contributed by atoms with Crippen LogP contribution in [-0.4, -0.2) is 21.3 Å². The Balaban J connectivity index is 1.22. The van der Waals surface area contributed by atoms with Crippen molar-refractivity contribution in [2.24, 2.45) is 0 Å². The normalized spacial score (nSPS) is 17.3. The van der Waals surface area contributed by atoms with Crippen molar-refractivity contribution < 1.29 is 32.1 Å². The van der Waals surface area contributed by atoms with Gasteiger partial charge in [0.15, 0.2) is 17.1 Å². The molecular formula is C53H44F3NO4. The van der Waals surface area contributed by atoms with Crippen molar-refractivity contribution in [1.82, 2.24) is 0 Å². The van der Waals surface area contributed by atoms with Crippen LogP contribution in [0, 0.1) is 0 Å². The first-order valence-electron chi connectivity index (χ1n) is 20.7. The quantitative estimate of drug-likeness (QED) is 0.153. The van der Waals surface area contributed by atoms with Crippen LogP contribution >= 0.6 is 0 Å². The van der Waals surface area contributed by atoms with Gasteiger partial charge in [0.2, 0.25) is 0 Å². The molecule has 10 rings (SSSR count). The zero-order valence-corrected chi connectivity index (χ0v) is 34.2. The average Bonchev–Trinajstić information content (AvgIpc) is 3.57. The van der Waals surface area contributed by atoms with Gasteiger partial charge in [0, 0.05) is 44.6 Å². The Kier molecular flexibility index (Phi) is 9.35. The Hall–Kier alpha value is -6.67. The van der Waals surface area contributed by atoms with E-state index in [0.29, 0.717) is 23.0 Å². The Bertz CT molecular complexity index is 2760. The number of halogens is 3. The fourth-order valence-electron chi connectivity index (χ4n) is 10.2. The Morgan fingerprint density at radius 3 is 1.75 bits per heavy atom. The number of nitrogens with zero attached hydrogens (tertiary/aromatic N) is 1. The van der Waals surface area contributed by atoms with E-state index < -0.39 is 22.8 Å². The molecule has 1 heterocycles. The molecule has 5 nitrogen and oxygen atoms in total. The molecule has 8 heteroatoms. The third-order valence-corrected chi connectivity index (χ3v) is 13.0. The summed E-state index contributed by atoms with van der Waals surface area (Å²) < 4.78 is 68.4. The third-order valence-electron chi connectivity index (χ3n) is 13.0. The fraction of sp³-hybridized carbons (Fsp3) is 0.208. The summed E-state index contributed by atoms with van der Waals surface area (Å²) in [4.78, 5) is 2.22. The first-order valence-corrected chi connectivity index (χ1v) is 20.7. The number of hydrogen-bond acceptors (Lipinski definition) is 5. The van der Waals surface area contributed by atoms with Crippen molar-refractivity contribution in [3.05, 3.63) is 179 Å². The Morgan fingerprint density at radius 1 is 0.607 bits per heavy atom. The summed E-state index contributed by atoms with van der Waals surface area (Å²) in [5.74, 6) is 2.40. The zero-order chi connectivity index (χ0) is 41.9. The van der Waals surface area contributed by atoms with Crippen molar-refractivity contribution >= 4 is 33.9 Å². The van der Waals surface area contributed by atoms with Crippen molar-refractivity contribution in [3.8, 4) is 34.1 Å². The van der Waals surface area contributed by atoms with Crippen molar-refractivity contribution in [2.75, 3.05) is 26.2 Å². The number of hydrogen-bond donors (Lipinski definition) is 0. The number of rotatable bonds is 8. The molecule has 0 radical (unpaired) electrons. The van der Waals surface area contributed by atoms with Crippen molar-refractivity contribution in [3.63, 3.8) is 0 Å². The van der Waals surface area contributed by atoms with E-state index in [-0.39, 0.29) is 0 Å². The van der Waals surface area contributed by atoms with E-state index in [0.717, 1.165) is 98.9 Å². The lowest BCUT2D eigenvalue weighted by Gasteiger charge is -2.41. The lowest BCUT2D eigenvalue weighted by atomic mass is 9.66. The van der Waals surface area contributed by atoms with Crippen LogP contribution in [0.2, 0.25) is 0 Å². The molecule has 7 aromatic carbocycles. The molecule has 0 aromatic heterocycles. The largest absolute Gasteiger partial charge is 0.497 e. The molecular weight excluding hydrogens is 772 g/mol. The molecule has 3 aliphatic rings. The van der Waals surface area contributed by atoms with E-state index in [1.807, 2.05) is 72.8 Å². The topological polar surface area (TPSA) is 40.2 Å². The van der Waals surface area contributed by atoms with Gasteiger partial charge in [-0.15, -0.1) is 0 Å². The van der Waals surface area contributed by atoms with Crippen LogP contribution in [0.4, 0.5) is 30.2 Å². The summed E-state index contributed by atoms with van der Waals surface area (Å²) in [6.45, 7) is 0. The maximum Gasteiger partial charge on any atom is 0.416 e. The molecule has 0 amide bonds. The minimum Gasteiger partial charge on any atom is -0.497 e. The number of anilines is 3. The SMILES string of the molecule is COc1ccc(C2(c3ccc(N(c4ccccc4)c4ccccc4)cc3)C=Cc3c4c(c5cc(OC)c(OC)cc5c3O2)-c2ccc(C(F)(F)F)cc2C42CCCCC2)cc1. The molecule has 7 aromatic rings. The highest BCUT2D eigenvalue weighted by Gasteiger charge is 2.50. The molecule has 306 valence electrons. The second-order valence-electron chi connectivity index (χ2n) is 16.1. The minimum atomic E-state index is -4.48. The van der Waals surface area contributed by atoms with E-state index in [2.05, 4.69) is 65.6 Å². The maximum absolute atomic E-state index is 14.5. The standard InChI is InChI=1S/C53H44F3NO4/c1-58-40-24-19-35(20-25-40)52(34-17-22-39(23-18-34)57(37-13-7-4-8-14-37)38-15-9-5-10-16-38)30-27-42-49-48(43-32-46(59-2)47(60-3)33-44(43)50(42)61-52)41-26-21-36(53(54,55)56)31-45(41)51(49)28-11-6-12-29-51/h4-5,7-10,13-27,30-33H,6,11-12,28-29H2,1-3H3. The highest BCUT2D eigenvalue weighted by molar-refractivity contribution is 6.09. The number of fused-ring (bicyclic) bond motifs is 10. The van der Waals surface area contributed by atoms with Crippen LogP contribution in [0.5, 0.6) is 23.0 Å². The van der Waals surface area contributed by atoms with Crippen LogP contribution in [0.3, 0.4) is 0 Å². The van der Waals surface area contributed by atoms with Gasteiger partial charge in [-0.05, 0) is 119 Å². The zero-order valence-electron chi connectivity index (χ0n) is 34.2. The predicted octanol–water partition coefficient (Wildman–Crippen LogP) is 13.9.